The molecular formula is C29H29BrFNO3. The molecule has 4 nitrogen and oxygen atoms in total. The minimum absolute atomic E-state index is 0.211. The first-order valence-electron chi connectivity index (χ1n) is 11.6. The molecule has 0 bridgehead atoms. The van der Waals surface area contributed by atoms with Gasteiger partial charge in [-0.2, -0.15) is 0 Å². The summed E-state index contributed by atoms with van der Waals surface area (Å²) in [5, 5.41) is 3.56. The van der Waals surface area contributed by atoms with Crippen molar-refractivity contribution in [1.29, 1.82) is 0 Å². The first kappa shape index (κ1) is 25.3. The maximum Gasteiger partial charge on any atom is 0.250 e. The zero-order valence-corrected chi connectivity index (χ0v) is 21.5. The molecule has 0 aromatic heterocycles. The zero-order valence-electron chi connectivity index (χ0n) is 19.9. The highest BCUT2D eigenvalue weighted by atomic mass is 79.9. The van der Waals surface area contributed by atoms with Gasteiger partial charge in [0.15, 0.2) is 0 Å². The van der Waals surface area contributed by atoms with Crippen LogP contribution in [0.4, 0.5) is 4.39 Å². The number of amides is 1. The van der Waals surface area contributed by atoms with Gasteiger partial charge in [-0.1, -0.05) is 87.7 Å². The number of aryl methyl sites for hydroxylation is 2. The maximum atomic E-state index is 13.6. The summed E-state index contributed by atoms with van der Waals surface area (Å²) in [6, 6.07) is 22.3. The Kier molecular flexibility index (Phi) is 8.50. The minimum Gasteiger partial charge on any atom is -0.368 e. The minimum atomic E-state index is -0.590. The van der Waals surface area contributed by atoms with Gasteiger partial charge in [-0.25, -0.2) is 4.39 Å². The summed E-state index contributed by atoms with van der Waals surface area (Å²) >= 11 is 3.56. The van der Waals surface area contributed by atoms with Gasteiger partial charge < -0.3 is 14.8 Å². The number of benzene rings is 3. The molecule has 0 saturated carbocycles. The van der Waals surface area contributed by atoms with Crippen LogP contribution in [-0.4, -0.2) is 23.9 Å². The summed E-state index contributed by atoms with van der Waals surface area (Å²) in [6.45, 7) is 5.15. The van der Waals surface area contributed by atoms with Gasteiger partial charge >= 0.3 is 0 Å². The third-order valence-corrected chi connectivity index (χ3v) is 6.69. The van der Waals surface area contributed by atoms with E-state index in [0.717, 1.165) is 27.8 Å². The molecule has 2 unspecified atom stereocenters. The number of carbonyl (C=O) groups excluding carboxylic acids is 1. The van der Waals surface area contributed by atoms with Gasteiger partial charge in [0.25, 0.3) is 5.91 Å². The third-order valence-electron chi connectivity index (χ3n) is 6.11. The standard InChI is InChI=1S/C29H29BrFNO3/c1-19-3-7-21(8-4-19)16-32-29(33)27-25(18-35-28(27)23-11-13-24(31)14-12-23)26(15-30)34-17-22-9-5-20(2)6-10-22/h3-14,26,28H,15-18H2,1-2H3,(H,32,33). The summed E-state index contributed by atoms with van der Waals surface area (Å²) in [5.74, 6) is -0.543. The van der Waals surface area contributed by atoms with Crippen LogP contribution < -0.4 is 5.32 Å². The van der Waals surface area contributed by atoms with Crippen molar-refractivity contribution >= 4 is 21.8 Å². The van der Waals surface area contributed by atoms with Gasteiger partial charge in [0.1, 0.15) is 11.9 Å². The first-order chi connectivity index (χ1) is 16.9. The summed E-state index contributed by atoms with van der Waals surface area (Å²) in [6.07, 6.45) is -0.935. The van der Waals surface area contributed by atoms with Gasteiger partial charge in [0, 0.05) is 11.9 Å². The molecule has 1 N–H and O–H groups in total. The van der Waals surface area contributed by atoms with Crippen LogP contribution in [-0.2, 0) is 27.4 Å². The first-order valence-corrected chi connectivity index (χ1v) is 12.7. The van der Waals surface area contributed by atoms with Crippen molar-refractivity contribution < 1.29 is 18.7 Å². The van der Waals surface area contributed by atoms with E-state index in [9.17, 15) is 9.18 Å². The molecule has 6 heteroatoms. The Balaban J connectivity index is 1.58. The lowest BCUT2D eigenvalue weighted by atomic mass is 9.96. The number of ether oxygens (including phenoxy) is 2. The van der Waals surface area contributed by atoms with Crippen molar-refractivity contribution in [3.05, 3.63) is 118 Å². The Morgan fingerprint density at radius 1 is 1.00 bits per heavy atom. The van der Waals surface area contributed by atoms with Crippen LogP contribution in [0, 0.1) is 19.7 Å². The maximum absolute atomic E-state index is 13.6. The van der Waals surface area contributed by atoms with Gasteiger partial charge in [-0.3, -0.25) is 4.79 Å². The van der Waals surface area contributed by atoms with Crippen LogP contribution in [0.1, 0.15) is 33.9 Å². The van der Waals surface area contributed by atoms with Crippen LogP contribution in [0.5, 0.6) is 0 Å². The highest BCUT2D eigenvalue weighted by Crippen LogP contribution is 2.37. The van der Waals surface area contributed by atoms with E-state index < -0.39 is 6.10 Å². The number of carbonyl (C=O) groups is 1. The molecule has 3 aromatic carbocycles. The normalized spacial score (nSPS) is 16.4. The van der Waals surface area contributed by atoms with E-state index >= 15 is 0 Å². The van der Waals surface area contributed by atoms with Crippen molar-refractivity contribution in [2.24, 2.45) is 0 Å². The SMILES string of the molecule is Cc1ccc(CNC(=O)C2=C(C(CBr)OCc3ccc(C)cc3)COC2c2ccc(F)cc2)cc1. The lowest BCUT2D eigenvalue weighted by Crippen LogP contribution is -2.29. The van der Waals surface area contributed by atoms with E-state index in [-0.39, 0.29) is 24.4 Å². The van der Waals surface area contributed by atoms with Gasteiger partial charge in [-0.05, 0) is 48.2 Å². The van der Waals surface area contributed by atoms with E-state index in [2.05, 4.69) is 21.2 Å². The van der Waals surface area contributed by atoms with Crippen molar-refractivity contribution in [1.82, 2.24) is 5.32 Å². The average molecular weight is 538 g/mol. The van der Waals surface area contributed by atoms with Crippen LogP contribution in [0.25, 0.3) is 0 Å². The van der Waals surface area contributed by atoms with E-state index in [1.54, 1.807) is 12.1 Å². The van der Waals surface area contributed by atoms with Crippen LogP contribution in [0.15, 0.2) is 83.9 Å². The second-order valence-corrected chi connectivity index (χ2v) is 9.44. The number of nitrogens with one attached hydrogen (secondary N) is 1. The summed E-state index contributed by atoms with van der Waals surface area (Å²) in [7, 11) is 0. The Labute approximate surface area is 214 Å². The molecule has 2 atom stereocenters. The molecule has 1 amide bonds. The monoisotopic (exact) mass is 537 g/mol. The molecular weight excluding hydrogens is 509 g/mol. The largest absolute Gasteiger partial charge is 0.368 e. The van der Waals surface area contributed by atoms with Gasteiger partial charge in [0.05, 0.1) is 24.9 Å². The van der Waals surface area contributed by atoms with Crippen LogP contribution in [0.2, 0.25) is 0 Å². The molecule has 1 aliphatic rings. The highest BCUT2D eigenvalue weighted by molar-refractivity contribution is 9.09. The Morgan fingerprint density at radius 3 is 2.20 bits per heavy atom. The number of halogens is 2. The van der Waals surface area contributed by atoms with E-state index in [0.29, 0.717) is 24.1 Å². The Bertz CT molecular complexity index is 1170. The average Bonchev–Trinajstić information content (AvgIpc) is 3.30. The molecule has 1 heterocycles. The summed E-state index contributed by atoms with van der Waals surface area (Å²) in [4.78, 5) is 13.5. The van der Waals surface area contributed by atoms with Crippen molar-refractivity contribution in [3.8, 4) is 0 Å². The smallest absolute Gasteiger partial charge is 0.250 e. The van der Waals surface area contributed by atoms with Gasteiger partial charge in [-0.15, -0.1) is 0 Å². The molecule has 0 saturated heterocycles. The molecule has 182 valence electrons. The number of rotatable bonds is 9. The van der Waals surface area contributed by atoms with E-state index in [4.69, 9.17) is 9.47 Å². The van der Waals surface area contributed by atoms with Crippen molar-refractivity contribution in [3.63, 3.8) is 0 Å². The second-order valence-electron chi connectivity index (χ2n) is 8.79. The van der Waals surface area contributed by atoms with E-state index in [1.807, 2.05) is 62.4 Å². The molecule has 3 aromatic rings. The number of hydrogen-bond acceptors (Lipinski definition) is 3. The lowest BCUT2D eigenvalue weighted by Gasteiger charge is -2.19. The third kappa shape index (κ3) is 6.45. The number of alkyl halides is 1. The zero-order chi connectivity index (χ0) is 24.8. The number of hydrogen-bond donors (Lipinski definition) is 1. The molecule has 1 aliphatic heterocycles. The van der Waals surface area contributed by atoms with Crippen molar-refractivity contribution in [2.75, 3.05) is 11.9 Å². The predicted octanol–water partition coefficient (Wildman–Crippen LogP) is 6.11. The van der Waals surface area contributed by atoms with E-state index in [1.165, 1.54) is 17.7 Å². The fourth-order valence-corrected chi connectivity index (χ4v) is 4.61. The topological polar surface area (TPSA) is 47.6 Å². The molecule has 0 aliphatic carbocycles. The highest BCUT2D eigenvalue weighted by Gasteiger charge is 2.36. The molecule has 0 radical (unpaired) electrons. The second kappa shape index (κ2) is 11.8. The Hall–Kier alpha value is -2.80. The molecule has 4 rings (SSSR count). The molecule has 0 fully saturated rings. The van der Waals surface area contributed by atoms with Crippen LogP contribution >= 0.6 is 15.9 Å². The Morgan fingerprint density at radius 2 is 1.60 bits per heavy atom. The van der Waals surface area contributed by atoms with Crippen molar-refractivity contribution in [2.45, 2.75) is 39.2 Å². The molecule has 0 spiro atoms. The fraction of sp³-hybridized carbons (Fsp3) is 0.276. The lowest BCUT2D eigenvalue weighted by molar-refractivity contribution is -0.118. The summed E-state index contributed by atoms with van der Waals surface area (Å²) in [5.41, 5.74) is 6.47. The van der Waals surface area contributed by atoms with Crippen LogP contribution in [0.3, 0.4) is 0 Å². The fourth-order valence-electron chi connectivity index (χ4n) is 4.04. The quantitative estimate of drug-likeness (QED) is 0.335. The summed E-state index contributed by atoms with van der Waals surface area (Å²) < 4.78 is 25.9. The van der Waals surface area contributed by atoms with Gasteiger partial charge in [0.2, 0.25) is 0 Å². The predicted molar refractivity (Wildman–Crippen MR) is 139 cm³/mol. The molecule has 35 heavy (non-hydrogen) atoms.